The van der Waals surface area contributed by atoms with Crippen molar-refractivity contribution in [3.63, 3.8) is 0 Å². The van der Waals surface area contributed by atoms with Gasteiger partial charge in [-0.05, 0) is 69.0 Å². The fraction of sp³-hybridized carbons (Fsp3) is 0.350. The molecule has 2 aromatic carbocycles. The Morgan fingerprint density at radius 1 is 0.917 bits per heavy atom. The average molecular weight is 437 g/mol. The number of carbonyl (C=O) groups is 1. The highest BCUT2D eigenvalue weighted by Gasteiger charge is 2.31. The molecule has 1 fully saturated rings. The van der Waals surface area contributed by atoms with E-state index in [9.17, 15) is 4.79 Å². The molecule has 2 aromatic rings. The number of hydrogen-bond acceptors (Lipinski definition) is 3. The molecule has 0 unspecified atom stereocenters. The van der Waals surface area contributed by atoms with Gasteiger partial charge in [-0.3, -0.25) is 0 Å². The lowest BCUT2D eigenvalue weighted by Crippen LogP contribution is -3.61. The van der Waals surface area contributed by atoms with Crippen molar-refractivity contribution in [2.75, 3.05) is 0 Å². The summed E-state index contributed by atoms with van der Waals surface area (Å²) in [6.45, 7) is 2.00. The zero-order chi connectivity index (χ0) is 16.8. The Balaban J connectivity index is 1.54. The largest absolute Gasteiger partial charge is 0.514 e. The van der Waals surface area contributed by atoms with Crippen LogP contribution in [-0.2, 0) is 4.74 Å². The van der Waals surface area contributed by atoms with Crippen molar-refractivity contribution in [1.29, 1.82) is 0 Å². The van der Waals surface area contributed by atoms with E-state index in [4.69, 9.17) is 9.47 Å². The Bertz CT molecular complexity index is 661. The molecule has 0 N–H and O–H groups in total. The fourth-order valence-corrected chi connectivity index (χ4v) is 5.10. The van der Waals surface area contributed by atoms with Gasteiger partial charge in [0, 0.05) is 0 Å². The van der Waals surface area contributed by atoms with Crippen LogP contribution in [0.5, 0.6) is 5.75 Å². The van der Waals surface area contributed by atoms with Gasteiger partial charge in [0.15, 0.2) is 7.14 Å². The van der Waals surface area contributed by atoms with Gasteiger partial charge in [0.25, 0.3) is 0 Å². The predicted molar refractivity (Wildman–Crippen MR) is 88.9 cm³/mol. The maximum Gasteiger partial charge on any atom is 0.514 e. The highest BCUT2D eigenvalue weighted by Crippen LogP contribution is 2.31. The molecule has 1 saturated carbocycles. The van der Waals surface area contributed by atoms with Gasteiger partial charge in [0.2, 0.25) is 0 Å². The third-order valence-electron chi connectivity index (χ3n) is 4.21. The molecule has 4 heteroatoms. The highest BCUT2D eigenvalue weighted by molar-refractivity contribution is 5.64. The number of benzene rings is 2. The second-order valence-corrected chi connectivity index (χ2v) is 9.34. The van der Waals surface area contributed by atoms with Crippen LogP contribution >= 0.6 is 0 Å². The van der Waals surface area contributed by atoms with Gasteiger partial charge in [-0.1, -0.05) is 24.6 Å². The Morgan fingerprint density at radius 3 is 2.21 bits per heavy atom. The standard InChI is InChI=1S/C20H22IO3/c1-20(14-6-3-7-15-20)24-19(22)23-18-12-10-17(11-13-18)21-16-8-4-2-5-9-16/h2,4-5,8-13H,3,6-7,14-15H2,1H3/q+1. The summed E-state index contributed by atoms with van der Waals surface area (Å²) in [7, 11) is 0. The molecule has 1 aliphatic rings. The maximum absolute atomic E-state index is 12.0. The van der Waals surface area contributed by atoms with E-state index < -0.39 is 6.16 Å². The molecule has 3 rings (SSSR count). The first-order valence-electron chi connectivity index (χ1n) is 8.34. The van der Waals surface area contributed by atoms with Crippen molar-refractivity contribution in [3.8, 4) is 5.75 Å². The van der Waals surface area contributed by atoms with Gasteiger partial charge in [0.05, 0.1) is 0 Å². The summed E-state index contributed by atoms with van der Waals surface area (Å²) in [6, 6.07) is 18.2. The Labute approximate surface area is 153 Å². The normalized spacial score (nSPS) is 16.4. The van der Waals surface area contributed by atoms with E-state index in [0.29, 0.717) is 5.75 Å². The lowest BCUT2D eigenvalue weighted by Gasteiger charge is -2.32. The van der Waals surface area contributed by atoms with Gasteiger partial charge in [-0.15, -0.1) is 0 Å². The number of halogens is 1. The predicted octanol–water partition coefficient (Wildman–Crippen LogP) is 2.05. The summed E-state index contributed by atoms with van der Waals surface area (Å²) >= 11 is -0.200. The van der Waals surface area contributed by atoms with E-state index in [1.54, 1.807) is 0 Å². The minimum atomic E-state index is -0.593. The number of rotatable bonds is 4. The first kappa shape index (κ1) is 17.3. The maximum atomic E-state index is 12.0. The van der Waals surface area contributed by atoms with Gasteiger partial charge < -0.3 is 9.47 Å². The summed E-state index contributed by atoms with van der Waals surface area (Å²) < 4.78 is 13.6. The van der Waals surface area contributed by atoms with Crippen molar-refractivity contribution >= 4 is 6.16 Å². The van der Waals surface area contributed by atoms with Gasteiger partial charge in [-0.25, -0.2) is 4.79 Å². The van der Waals surface area contributed by atoms with Crippen LogP contribution in [0.25, 0.3) is 0 Å². The molecule has 126 valence electrons. The molecule has 24 heavy (non-hydrogen) atoms. The molecule has 0 amide bonds. The first-order chi connectivity index (χ1) is 11.6. The number of ether oxygens (including phenoxy) is 2. The van der Waals surface area contributed by atoms with E-state index in [-0.39, 0.29) is 26.8 Å². The molecule has 1 aliphatic carbocycles. The van der Waals surface area contributed by atoms with Gasteiger partial charge >= 0.3 is 27.4 Å². The molecule has 0 aromatic heterocycles. The number of hydrogen-bond donors (Lipinski definition) is 0. The van der Waals surface area contributed by atoms with E-state index in [1.807, 2.05) is 37.3 Å². The van der Waals surface area contributed by atoms with Crippen molar-refractivity contribution in [3.05, 3.63) is 61.7 Å². The lowest BCUT2D eigenvalue weighted by molar-refractivity contribution is -0.597. The van der Waals surface area contributed by atoms with Crippen LogP contribution in [0.1, 0.15) is 39.0 Å². The van der Waals surface area contributed by atoms with Gasteiger partial charge in [-0.2, -0.15) is 0 Å². The van der Waals surface area contributed by atoms with Gasteiger partial charge in [0.1, 0.15) is 11.4 Å². The lowest BCUT2D eigenvalue weighted by atomic mass is 9.86. The minimum absolute atomic E-state index is 0.200. The third kappa shape index (κ3) is 4.97. The van der Waals surface area contributed by atoms with Crippen LogP contribution in [0, 0.1) is 7.14 Å². The molecule has 0 spiro atoms. The summed E-state index contributed by atoms with van der Waals surface area (Å²) in [5, 5.41) is 0. The van der Waals surface area contributed by atoms with Crippen molar-refractivity contribution < 1.29 is 35.5 Å². The summed E-state index contributed by atoms with van der Waals surface area (Å²) in [5.74, 6) is 0.542. The summed E-state index contributed by atoms with van der Waals surface area (Å²) in [6.07, 6.45) is 4.69. The monoisotopic (exact) mass is 437 g/mol. The van der Waals surface area contributed by atoms with Crippen LogP contribution < -0.4 is 25.9 Å². The minimum Gasteiger partial charge on any atom is -0.428 e. The van der Waals surface area contributed by atoms with E-state index >= 15 is 0 Å². The SMILES string of the molecule is CC1(OC(=O)Oc2ccc([I+]c3ccccc3)cc2)CCCCC1. The number of carbonyl (C=O) groups excluding carboxylic acids is 1. The first-order valence-corrected chi connectivity index (χ1v) is 10.5. The van der Waals surface area contributed by atoms with Crippen molar-refractivity contribution in [2.45, 2.75) is 44.6 Å². The molecule has 0 saturated heterocycles. The molecule has 0 radical (unpaired) electrons. The van der Waals surface area contributed by atoms with Crippen LogP contribution in [-0.4, -0.2) is 11.8 Å². The van der Waals surface area contributed by atoms with E-state index in [1.165, 1.54) is 13.6 Å². The second kappa shape index (κ2) is 8.01. The van der Waals surface area contributed by atoms with E-state index in [2.05, 4.69) is 24.3 Å². The average Bonchev–Trinajstić information content (AvgIpc) is 2.58. The highest BCUT2D eigenvalue weighted by atomic mass is 127. The smallest absolute Gasteiger partial charge is 0.428 e. The van der Waals surface area contributed by atoms with Crippen molar-refractivity contribution in [1.82, 2.24) is 0 Å². The van der Waals surface area contributed by atoms with Crippen molar-refractivity contribution in [2.24, 2.45) is 0 Å². The molecule has 3 nitrogen and oxygen atoms in total. The third-order valence-corrected chi connectivity index (χ3v) is 6.89. The molecule has 0 heterocycles. The Kier molecular flexibility index (Phi) is 5.76. The molecule has 0 bridgehead atoms. The molecule has 0 aliphatic heterocycles. The van der Waals surface area contributed by atoms with Crippen LogP contribution in [0.4, 0.5) is 4.79 Å². The molecule has 0 atom stereocenters. The van der Waals surface area contributed by atoms with E-state index in [0.717, 1.165) is 25.7 Å². The van der Waals surface area contributed by atoms with Crippen LogP contribution in [0.15, 0.2) is 54.6 Å². The molecular formula is C20H22IO3+. The zero-order valence-electron chi connectivity index (χ0n) is 13.8. The van der Waals surface area contributed by atoms with Crippen LogP contribution in [0.2, 0.25) is 0 Å². The Morgan fingerprint density at radius 2 is 1.54 bits per heavy atom. The molecular weight excluding hydrogens is 415 g/mol. The quantitative estimate of drug-likeness (QED) is 0.418. The topological polar surface area (TPSA) is 35.5 Å². The fourth-order valence-electron chi connectivity index (χ4n) is 2.89. The Hall–Kier alpha value is -1.56. The van der Waals surface area contributed by atoms with Crippen LogP contribution in [0.3, 0.4) is 0 Å². The summed E-state index contributed by atoms with van der Waals surface area (Å²) in [4.78, 5) is 12.0. The summed E-state index contributed by atoms with van der Waals surface area (Å²) in [5.41, 5.74) is -0.367. The zero-order valence-corrected chi connectivity index (χ0v) is 16.0. The second-order valence-electron chi connectivity index (χ2n) is 6.31.